The van der Waals surface area contributed by atoms with Gasteiger partial charge in [-0.05, 0) is 62.7 Å². The van der Waals surface area contributed by atoms with E-state index in [1.165, 1.54) is 50.2 Å². The van der Waals surface area contributed by atoms with E-state index in [1.54, 1.807) is 13.0 Å². The third-order valence-electron chi connectivity index (χ3n) is 3.56. The highest BCUT2D eigenvalue weighted by Crippen LogP contribution is 2.15. The largest absolute Gasteiger partial charge is 0.479 e. The number of halogens is 2. The Kier molecular flexibility index (Phi) is 6.27. The molecule has 0 heterocycles. The number of esters is 1. The molecule has 1 amide bonds. The van der Waals surface area contributed by atoms with Gasteiger partial charge in [-0.2, -0.15) is 0 Å². The van der Waals surface area contributed by atoms with Crippen molar-refractivity contribution in [2.75, 3.05) is 5.32 Å². The molecular weight excluding hydrogens is 344 g/mol. The molecule has 2 aromatic carbocycles. The summed E-state index contributed by atoms with van der Waals surface area (Å²) in [6.07, 6.45) is -2.10. The maximum Gasteiger partial charge on any atom is 0.347 e. The summed E-state index contributed by atoms with van der Waals surface area (Å²) in [6, 6.07) is 9.41. The number of hydrogen-bond donors (Lipinski definition) is 1. The molecule has 0 aliphatic heterocycles. The third-order valence-corrected chi connectivity index (χ3v) is 3.56. The molecule has 0 spiro atoms. The molecule has 2 atom stereocenters. The van der Waals surface area contributed by atoms with Crippen molar-refractivity contribution in [2.45, 2.75) is 33.0 Å². The minimum atomic E-state index is -1.11. The number of benzene rings is 2. The Morgan fingerprint density at radius 2 is 1.65 bits per heavy atom. The highest BCUT2D eigenvalue weighted by Gasteiger charge is 2.23. The van der Waals surface area contributed by atoms with Crippen LogP contribution in [0.25, 0.3) is 0 Å². The van der Waals surface area contributed by atoms with Gasteiger partial charge in [-0.25, -0.2) is 13.6 Å². The maximum absolute atomic E-state index is 13.5. The summed E-state index contributed by atoms with van der Waals surface area (Å²) in [7, 11) is 0. The molecule has 0 aliphatic rings. The van der Waals surface area contributed by atoms with Crippen molar-refractivity contribution in [1.82, 2.24) is 0 Å². The van der Waals surface area contributed by atoms with E-state index in [-0.39, 0.29) is 5.69 Å². The number of aryl methyl sites for hydroxylation is 1. The number of anilines is 1. The molecule has 138 valence electrons. The second-order valence-electron chi connectivity index (χ2n) is 5.75. The van der Waals surface area contributed by atoms with Gasteiger partial charge < -0.3 is 14.8 Å². The van der Waals surface area contributed by atoms with Gasteiger partial charge in [-0.3, -0.25) is 4.79 Å². The van der Waals surface area contributed by atoms with Gasteiger partial charge in [0.2, 0.25) is 0 Å². The standard InChI is InChI=1S/C19H19F2NO4/c1-11-4-7-15(10-17(11)21)22-18(23)12(2)26-19(24)13(3)25-16-8-5-14(20)6-9-16/h4-10,12-13H,1-3H3,(H,22,23)/t12-,13-/m1/s1. The van der Waals surface area contributed by atoms with Crippen LogP contribution in [-0.4, -0.2) is 24.1 Å². The lowest BCUT2D eigenvalue weighted by Crippen LogP contribution is -2.35. The molecule has 0 saturated heterocycles. The lowest BCUT2D eigenvalue weighted by Gasteiger charge is -2.18. The Bertz CT molecular complexity index is 793. The fraction of sp³-hybridized carbons (Fsp3) is 0.263. The van der Waals surface area contributed by atoms with E-state index < -0.39 is 35.7 Å². The predicted molar refractivity (Wildman–Crippen MR) is 91.8 cm³/mol. The van der Waals surface area contributed by atoms with Gasteiger partial charge in [0.1, 0.15) is 17.4 Å². The van der Waals surface area contributed by atoms with Crippen molar-refractivity contribution in [3.8, 4) is 5.75 Å². The summed E-state index contributed by atoms with van der Waals surface area (Å²) in [5.41, 5.74) is 0.714. The summed E-state index contributed by atoms with van der Waals surface area (Å²) in [5, 5.41) is 2.47. The molecule has 7 heteroatoms. The molecule has 0 radical (unpaired) electrons. The molecule has 0 aromatic heterocycles. The molecule has 0 bridgehead atoms. The van der Waals surface area contributed by atoms with E-state index in [2.05, 4.69) is 5.32 Å². The van der Waals surface area contributed by atoms with E-state index in [4.69, 9.17) is 9.47 Å². The Morgan fingerprint density at radius 1 is 1.00 bits per heavy atom. The molecule has 2 rings (SSSR count). The fourth-order valence-electron chi connectivity index (χ4n) is 2.00. The first kappa shape index (κ1) is 19.4. The molecule has 2 aromatic rings. The Hall–Kier alpha value is -2.96. The number of rotatable bonds is 6. The zero-order chi connectivity index (χ0) is 19.3. The van der Waals surface area contributed by atoms with E-state index in [9.17, 15) is 18.4 Å². The van der Waals surface area contributed by atoms with Crippen LogP contribution in [0.1, 0.15) is 19.4 Å². The number of carbonyl (C=O) groups is 2. The van der Waals surface area contributed by atoms with Crippen molar-refractivity contribution in [3.63, 3.8) is 0 Å². The molecule has 0 unspecified atom stereocenters. The first-order valence-corrected chi connectivity index (χ1v) is 7.96. The van der Waals surface area contributed by atoms with Gasteiger partial charge in [-0.1, -0.05) is 6.07 Å². The topological polar surface area (TPSA) is 64.6 Å². The van der Waals surface area contributed by atoms with Crippen LogP contribution in [0.4, 0.5) is 14.5 Å². The number of ether oxygens (including phenoxy) is 2. The van der Waals surface area contributed by atoms with Crippen LogP contribution < -0.4 is 10.1 Å². The smallest absolute Gasteiger partial charge is 0.347 e. The van der Waals surface area contributed by atoms with E-state index >= 15 is 0 Å². The maximum atomic E-state index is 13.5. The molecule has 0 aliphatic carbocycles. The summed E-state index contributed by atoms with van der Waals surface area (Å²) in [4.78, 5) is 24.1. The van der Waals surface area contributed by atoms with Crippen LogP contribution in [0.5, 0.6) is 5.75 Å². The van der Waals surface area contributed by atoms with Crippen molar-refractivity contribution in [2.24, 2.45) is 0 Å². The lowest BCUT2D eigenvalue weighted by atomic mass is 10.2. The average Bonchev–Trinajstić information content (AvgIpc) is 2.60. The van der Waals surface area contributed by atoms with Gasteiger partial charge in [-0.15, -0.1) is 0 Å². The Balaban J connectivity index is 1.89. The molecule has 0 fully saturated rings. The molecule has 1 N–H and O–H groups in total. The highest BCUT2D eigenvalue weighted by atomic mass is 19.1. The van der Waals surface area contributed by atoms with Crippen molar-refractivity contribution in [1.29, 1.82) is 0 Å². The molecular formula is C19H19F2NO4. The number of carbonyl (C=O) groups excluding carboxylic acids is 2. The van der Waals surface area contributed by atoms with Gasteiger partial charge >= 0.3 is 5.97 Å². The number of amides is 1. The zero-order valence-electron chi connectivity index (χ0n) is 14.6. The summed E-state index contributed by atoms with van der Waals surface area (Å²) < 4.78 is 36.7. The van der Waals surface area contributed by atoms with Crippen LogP contribution in [-0.2, 0) is 14.3 Å². The molecule has 5 nitrogen and oxygen atoms in total. The second-order valence-corrected chi connectivity index (χ2v) is 5.75. The Morgan fingerprint density at radius 3 is 2.27 bits per heavy atom. The summed E-state index contributed by atoms with van der Waals surface area (Å²) in [5.74, 6) is -1.94. The van der Waals surface area contributed by atoms with E-state index in [1.807, 2.05) is 0 Å². The third kappa shape index (κ3) is 5.27. The van der Waals surface area contributed by atoms with Crippen LogP contribution in [0.2, 0.25) is 0 Å². The summed E-state index contributed by atoms with van der Waals surface area (Å²) >= 11 is 0. The predicted octanol–water partition coefficient (Wildman–Crippen LogP) is 3.61. The van der Waals surface area contributed by atoms with E-state index in [0.717, 1.165) is 0 Å². The van der Waals surface area contributed by atoms with Gasteiger partial charge in [0, 0.05) is 5.69 Å². The summed E-state index contributed by atoms with van der Waals surface area (Å²) in [6.45, 7) is 4.45. The van der Waals surface area contributed by atoms with E-state index in [0.29, 0.717) is 11.3 Å². The Labute approximate surface area is 149 Å². The van der Waals surface area contributed by atoms with Gasteiger partial charge in [0.25, 0.3) is 5.91 Å². The molecule has 26 heavy (non-hydrogen) atoms. The monoisotopic (exact) mass is 363 g/mol. The minimum absolute atomic E-state index is 0.261. The van der Waals surface area contributed by atoms with Gasteiger partial charge in [0.05, 0.1) is 0 Å². The zero-order valence-corrected chi connectivity index (χ0v) is 14.6. The average molecular weight is 363 g/mol. The fourth-order valence-corrected chi connectivity index (χ4v) is 2.00. The normalized spacial score (nSPS) is 12.8. The lowest BCUT2D eigenvalue weighted by molar-refractivity contribution is -0.159. The van der Waals surface area contributed by atoms with Gasteiger partial charge in [0.15, 0.2) is 12.2 Å². The first-order chi connectivity index (χ1) is 12.3. The quantitative estimate of drug-likeness (QED) is 0.797. The number of nitrogens with one attached hydrogen (secondary N) is 1. The SMILES string of the molecule is Cc1ccc(NC(=O)[C@@H](C)OC(=O)[C@@H](C)Oc2ccc(F)cc2)cc1F. The first-order valence-electron chi connectivity index (χ1n) is 7.96. The second kappa shape index (κ2) is 8.42. The van der Waals surface area contributed by atoms with Crippen LogP contribution >= 0.6 is 0 Å². The van der Waals surface area contributed by atoms with Crippen LogP contribution in [0, 0.1) is 18.6 Å². The van der Waals surface area contributed by atoms with Crippen molar-refractivity contribution in [3.05, 3.63) is 59.7 Å². The van der Waals surface area contributed by atoms with Crippen LogP contribution in [0.3, 0.4) is 0 Å². The van der Waals surface area contributed by atoms with Crippen molar-refractivity contribution >= 4 is 17.6 Å². The minimum Gasteiger partial charge on any atom is -0.479 e. The number of hydrogen-bond acceptors (Lipinski definition) is 4. The molecule has 0 saturated carbocycles. The van der Waals surface area contributed by atoms with Crippen molar-refractivity contribution < 1.29 is 27.8 Å². The highest BCUT2D eigenvalue weighted by molar-refractivity contribution is 5.95. The van der Waals surface area contributed by atoms with Crippen LogP contribution in [0.15, 0.2) is 42.5 Å².